The molecule has 0 aromatic heterocycles. The molecule has 0 radical (unpaired) electrons. The van der Waals surface area contributed by atoms with Gasteiger partial charge in [0.2, 0.25) is 5.91 Å². The summed E-state index contributed by atoms with van der Waals surface area (Å²) in [5, 5.41) is 3.00. The molecule has 2 unspecified atom stereocenters. The van der Waals surface area contributed by atoms with Gasteiger partial charge in [-0.25, -0.2) is 4.39 Å². The fraction of sp³-hybridized carbons (Fsp3) is 0.462. The molecule has 3 nitrogen and oxygen atoms in total. The van der Waals surface area contributed by atoms with Gasteiger partial charge >= 0.3 is 31.1 Å². The number of benzene rings is 2. The molecule has 2 aromatic carbocycles. The fourth-order valence-corrected chi connectivity index (χ4v) is 4.17. The first kappa shape index (κ1) is 27.7. The number of carbonyl (C=O) groups excluding carboxylic acids is 1. The Morgan fingerprint density at radius 3 is 2.35 bits per heavy atom. The number of nitrogens with zero attached hydrogens (tertiary/aromatic N) is 1. The predicted molar refractivity (Wildman–Crippen MR) is 124 cm³/mol. The Kier molecular flexibility index (Phi) is 13.1. The molecular weight excluding hydrogens is 613 g/mol. The van der Waals surface area contributed by atoms with Crippen molar-refractivity contribution in [3.8, 4) is 0 Å². The largest absolute Gasteiger partial charge is 2.00 e. The third-order valence-corrected chi connectivity index (χ3v) is 5.51. The third kappa shape index (κ3) is 7.65. The van der Waals surface area contributed by atoms with Crippen molar-refractivity contribution >= 4 is 17.3 Å². The van der Waals surface area contributed by atoms with Crippen LogP contribution in [0.5, 0.6) is 0 Å². The van der Waals surface area contributed by atoms with E-state index in [2.05, 4.69) is 56.1 Å². The Morgan fingerprint density at radius 2 is 1.87 bits per heavy atom. The zero-order chi connectivity index (χ0) is 21.9. The number of amides is 1. The van der Waals surface area contributed by atoms with Gasteiger partial charge in [-0.15, -0.1) is 12.1 Å². The second kappa shape index (κ2) is 14.7. The van der Waals surface area contributed by atoms with Crippen LogP contribution in [0.2, 0.25) is 0 Å². The molecule has 1 amide bonds. The topological polar surface area (TPSA) is 32.3 Å². The molecule has 166 valence electrons. The minimum absolute atomic E-state index is 0. The van der Waals surface area contributed by atoms with E-state index < -0.39 is 0 Å². The summed E-state index contributed by atoms with van der Waals surface area (Å²) in [5.74, 6) is 0.490. The van der Waals surface area contributed by atoms with Gasteiger partial charge in [-0.1, -0.05) is 52.2 Å². The second-order valence-corrected chi connectivity index (χ2v) is 7.72. The fourth-order valence-electron chi connectivity index (χ4n) is 4.17. The van der Waals surface area contributed by atoms with Crippen molar-refractivity contribution in [2.45, 2.75) is 71.3 Å². The van der Waals surface area contributed by atoms with E-state index in [0.29, 0.717) is 18.5 Å². The molecule has 2 aliphatic rings. The molecule has 2 aliphatic heterocycles. The molecule has 0 aliphatic carbocycles. The Balaban J connectivity index is 0.000000308. The van der Waals surface area contributed by atoms with Gasteiger partial charge in [-0.2, -0.15) is 24.6 Å². The van der Waals surface area contributed by atoms with Gasteiger partial charge in [-0.05, 0) is 24.5 Å². The van der Waals surface area contributed by atoms with Crippen LogP contribution < -0.4 is 10.2 Å². The Hall–Kier alpha value is -1.31. The summed E-state index contributed by atoms with van der Waals surface area (Å²) >= 11 is 0. The normalized spacial score (nSPS) is 17.8. The maximum Gasteiger partial charge on any atom is 2.00 e. The molecule has 5 heteroatoms. The van der Waals surface area contributed by atoms with Crippen molar-refractivity contribution in [1.29, 1.82) is 0 Å². The van der Waals surface area contributed by atoms with E-state index in [1.807, 2.05) is 6.07 Å². The number of para-hydroxylation sites is 1. The van der Waals surface area contributed by atoms with Crippen molar-refractivity contribution in [3.05, 3.63) is 66.8 Å². The van der Waals surface area contributed by atoms with Crippen LogP contribution in [0.4, 0.5) is 15.8 Å². The molecule has 0 bridgehead atoms. The Bertz CT molecular complexity index is 782. The van der Waals surface area contributed by atoms with Gasteiger partial charge in [0, 0.05) is 17.8 Å². The van der Waals surface area contributed by atoms with Crippen LogP contribution in [-0.4, -0.2) is 18.5 Å². The first-order valence-electron chi connectivity index (χ1n) is 11.2. The summed E-state index contributed by atoms with van der Waals surface area (Å²) in [5.41, 5.74) is 3.71. The summed E-state index contributed by atoms with van der Waals surface area (Å²) < 4.78 is 11.9. The summed E-state index contributed by atoms with van der Waals surface area (Å²) in [6.07, 6.45) is 7.13. The number of hydrogen-bond acceptors (Lipinski definition) is 2. The van der Waals surface area contributed by atoms with E-state index in [1.165, 1.54) is 61.2 Å². The van der Waals surface area contributed by atoms with E-state index >= 15 is 0 Å². The molecule has 0 saturated carbocycles. The van der Waals surface area contributed by atoms with E-state index in [1.54, 1.807) is 0 Å². The number of halogens is 1. The molecule has 1 N–H and O–H groups in total. The Labute approximate surface area is 211 Å². The van der Waals surface area contributed by atoms with Gasteiger partial charge < -0.3 is 17.1 Å². The number of nitrogens with one attached hydrogen (secondary N) is 1. The van der Waals surface area contributed by atoms with Crippen LogP contribution in [-0.2, 0) is 4.79 Å². The zero-order valence-electron chi connectivity index (χ0n) is 19.1. The SMILES string of the molecule is CCCC1C(CC)c2cccc3c2N1CC(=O)N3.Fc1cc[c-]cc1.[CH2-]CCCC.[U+2]. The summed E-state index contributed by atoms with van der Waals surface area (Å²) in [4.78, 5) is 14.1. The molecule has 0 spiro atoms. The number of hydrogen-bond donors (Lipinski definition) is 1. The minimum Gasteiger partial charge on any atom is -0.357 e. The summed E-state index contributed by atoms with van der Waals surface area (Å²) in [6, 6.07) is 15.3. The number of unbranched alkanes of at least 4 members (excludes halogenated alkanes) is 2. The van der Waals surface area contributed by atoms with Crippen LogP contribution in [0.3, 0.4) is 0 Å². The molecule has 31 heavy (non-hydrogen) atoms. The quantitative estimate of drug-likeness (QED) is 0.364. The van der Waals surface area contributed by atoms with Gasteiger partial charge in [0.05, 0.1) is 17.9 Å². The van der Waals surface area contributed by atoms with Gasteiger partial charge in [0.1, 0.15) is 0 Å². The molecule has 2 atom stereocenters. The third-order valence-electron chi connectivity index (χ3n) is 5.51. The second-order valence-electron chi connectivity index (χ2n) is 7.72. The van der Waals surface area contributed by atoms with Crippen LogP contribution in [0.1, 0.15) is 70.8 Å². The molecule has 2 aromatic rings. The molecular formula is C26H35FN2OU. The smallest absolute Gasteiger partial charge is 0.357 e. The van der Waals surface area contributed by atoms with Gasteiger partial charge in [-0.3, -0.25) is 4.79 Å². The first-order chi connectivity index (χ1) is 14.6. The number of carbonyl (C=O) groups is 1. The molecule has 0 saturated heterocycles. The van der Waals surface area contributed by atoms with Gasteiger partial charge in [0.25, 0.3) is 0 Å². The van der Waals surface area contributed by atoms with Crippen molar-refractivity contribution in [2.75, 3.05) is 16.8 Å². The van der Waals surface area contributed by atoms with E-state index in [0.717, 1.165) is 18.5 Å². The monoisotopic (exact) mass is 648 g/mol. The van der Waals surface area contributed by atoms with E-state index in [4.69, 9.17) is 0 Å². The van der Waals surface area contributed by atoms with Crippen LogP contribution in [0.25, 0.3) is 0 Å². The van der Waals surface area contributed by atoms with Crippen LogP contribution in [0, 0.1) is 49.9 Å². The summed E-state index contributed by atoms with van der Waals surface area (Å²) in [7, 11) is 0. The van der Waals surface area contributed by atoms with Crippen molar-refractivity contribution in [1.82, 2.24) is 0 Å². The predicted octanol–water partition coefficient (Wildman–Crippen LogP) is 6.76. The van der Waals surface area contributed by atoms with Crippen molar-refractivity contribution in [2.24, 2.45) is 0 Å². The van der Waals surface area contributed by atoms with E-state index in [9.17, 15) is 9.18 Å². The molecule has 0 fully saturated rings. The maximum absolute atomic E-state index is 11.9. The average Bonchev–Trinajstić information content (AvgIpc) is 3.04. The standard InChI is InChI=1S/C15H20N2O.C6H4F.C5H11.U/c1-3-6-13-10(4-2)11-7-5-8-12-15(11)17(13)9-14(18)16-12;7-6-4-2-1-3-5-6;1-3-5-4-2;/h5,7-8,10,13H,3-4,6,9H2,1-2H3,(H,16,18);2-5H;1,3-5H2,2H3;/q;2*-1;+2. The van der Waals surface area contributed by atoms with E-state index in [-0.39, 0.29) is 42.8 Å². The number of rotatable bonds is 5. The van der Waals surface area contributed by atoms with Crippen LogP contribution >= 0.6 is 0 Å². The Morgan fingerprint density at radius 1 is 1.16 bits per heavy atom. The molecule has 2 heterocycles. The molecule has 4 rings (SSSR count). The maximum atomic E-state index is 11.9. The minimum atomic E-state index is -0.209. The summed E-state index contributed by atoms with van der Waals surface area (Å²) in [6.45, 7) is 10.8. The first-order valence-corrected chi connectivity index (χ1v) is 11.2. The zero-order valence-corrected chi connectivity index (χ0v) is 23.3. The van der Waals surface area contributed by atoms with Crippen molar-refractivity contribution in [3.63, 3.8) is 0 Å². The van der Waals surface area contributed by atoms with Gasteiger partial charge in [0.15, 0.2) is 0 Å². The van der Waals surface area contributed by atoms with Crippen LogP contribution in [0.15, 0.2) is 42.5 Å². The number of anilines is 2. The van der Waals surface area contributed by atoms with Crippen molar-refractivity contribution < 1.29 is 40.3 Å². The average molecular weight is 649 g/mol.